The Morgan fingerprint density at radius 1 is 0.826 bits per heavy atom. The first-order valence-electron chi connectivity index (χ1n) is 7.37. The van der Waals surface area contributed by atoms with Crippen molar-refractivity contribution in [1.82, 2.24) is 4.98 Å². The summed E-state index contributed by atoms with van der Waals surface area (Å²) in [6.07, 6.45) is 2.63. The van der Waals surface area contributed by atoms with Crippen LogP contribution >= 0.6 is 0 Å². The Bertz CT molecular complexity index is 830. The van der Waals surface area contributed by atoms with Crippen LogP contribution in [-0.2, 0) is 6.42 Å². The molecule has 0 atom stereocenters. The smallest absolute Gasteiger partial charge is 0.160 e. The van der Waals surface area contributed by atoms with Crippen molar-refractivity contribution in [2.45, 2.75) is 6.42 Å². The van der Waals surface area contributed by atoms with Crippen LogP contribution in [0.25, 0.3) is 10.9 Å². The molecule has 0 aliphatic rings. The molecule has 4 heteroatoms. The topological polar surface area (TPSA) is 40.6 Å². The van der Waals surface area contributed by atoms with Gasteiger partial charge in [0.15, 0.2) is 11.5 Å². The van der Waals surface area contributed by atoms with E-state index in [0.717, 1.165) is 40.1 Å². The van der Waals surface area contributed by atoms with Crippen molar-refractivity contribution in [2.24, 2.45) is 0 Å². The van der Waals surface area contributed by atoms with E-state index in [4.69, 9.17) is 14.2 Å². The number of rotatable bonds is 5. The molecule has 0 amide bonds. The van der Waals surface area contributed by atoms with Gasteiger partial charge in [0.05, 0.1) is 26.8 Å². The first-order valence-corrected chi connectivity index (χ1v) is 7.37. The van der Waals surface area contributed by atoms with Gasteiger partial charge < -0.3 is 14.2 Å². The molecule has 0 saturated heterocycles. The zero-order chi connectivity index (χ0) is 16.2. The highest BCUT2D eigenvalue weighted by Gasteiger charge is 2.08. The number of ether oxygens (including phenoxy) is 3. The second-order valence-electron chi connectivity index (χ2n) is 5.22. The number of aromatic nitrogens is 1. The fourth-order valence-electron chi connectivity index (χ4n) is 2.68. The predicted octanol–water partition coefficient (Wildman–Crippen LogP) is 3.85. The minimum absolute atomic E-state index is 0.737. The maximum atomic E-state index is 5.38. The molecule has 1 aromatic heterocycles. The van der Waals surface area contributed by atoms with Crippen LogP contribution in [0, 0.1) is 0 Å². The van der Waals surface area contributed by atoms with Gasteiger partial charge in [-0.15, -0.1) is 0 Å². The van der Waals surface area contributed by atoms with E-state index in [1.165, 1.54) is 5.56 Å². The van der Waals surface area contributed by atoms with E-state index < -0.39 is 0 Å². The normalized spacial score (nSPS) is 10.6. The lowest BCUT2D eigenvalue weighted by molar-refractivity contribution is 0.354. The molecule has 3 aromatic rings. The highest BCUT2D eigenvalue weighted by molar-refractivity contribution is 5.83. The molecule has 0 unspecified atom stereocenters. The Morgan fingerprint density at radius 3 is 2.39 bits per heavy atom. The van der Waals surface area contributed by atoms with E-state index in [1.807, 2.05) is 36.5 Å². The van der Waals surface area contributed by atoms with Crippen molar-refractivity contribution in [3.8, 4) is 17.2 Å². The zero-order valence-electron chi connectivity index (χ0n) is 13.5. The third kappa shape index (κ3) is 3.06. The molecular weight excluding hydrogens is 290 g/mol. The molecule has 0 fully saturated rings. The number of fused-ring (bicyclic) bond motifs is 1. The molecule has 2 aromatic carbocycles. The summed E-state index contributed by atoms with van der Waals surface area (Å²) >= 11 is 0. The van der Waals surface area contributed by atoms with Crippen LogP contribution in [0.3, 0.4) is 0 Å². The van der Waals surface area contributed by atoms with Crippen molar-refractivity contribution in [3.63, 3.8) is 0 Å². The van der Waals surface area contributed by atoms with Crippen LogP contribution in [0.1, 0.15) is 11.1 Å². The van der Waals surface area contributed by atoms with Gasteiger partial charge in [-0.2, -0.15) is 0 Å². The lowest BCUT2D eigenvalue weighted by Crippen LogP contribution is -1.95. The highest BCUT2D eigenvalue weighted by atomic mass is 16.5. The van der Waals surface area contributed by atoms with E-state index in [2.05, 4.69) is 17.1 Å². The quantitative estimate of drug-likeness (QED) is 0.718. The SMILES string of the molecule is COc1ccc2c(Cc3ccc(OC)c(OC)c3)ccnc2c1. The van der Waals surface area contributed by atoms with E-state index >= 15 is 0 Å². The van der Waals surface area contributed by atoms with Crippen LogP contribution in [0.2, 0.25) is 0 Å². The summed E-state index contributed by atoms with van der Waals surface area (Å²) in [6, 6.07) is 14.0. The van der Waals surface area contributed by atoms with E-state index in [-0.39, 0.29) is 0 Å². The molecule has 3 rings (SSSR count). The third-order valence-electron chi connectivity index (χ3n) is 3.88. The summed E-state index contributed by atoms with van der Waals surface area (Å²) < 4.78 is 15.9. The maximum Gasteiger partial charge on any atom is 0.160 e. The van der Waals surface area contributed by atoms with Gasteiger partial charge in [0.1, 0.15) is 5.75 Å². The maximum absolute atomic E-state index is 5.38. The average Bonchev–Trinajstić information content (AvgIpc) is 2.61. The number of nitrogens with zero attached hydrogens (tertiary/aromatic N) is 1. The molecule has 0 saturated carbocycles. The molecule has 4 nitrogen and oxygen atoms in total. The third-order valence-corrected chi connectivity index (χ3v) is 3.88. The standard InChI is InChI=1S/C19H19NO3/c1-21-15-5-6-16-14(8-9-20-17(16)12-15)10-13-4-7-18(22-2)19(11-13)23-3/h4-9,11-12H,10H2,1-3H3. The second kappa shape index (κ2) is 6.57. The second-order valence-corrected chi connectivity index (χ2v) is 5.22. The minimum atomic E-state index is 0.737. The highest BCUT2D eigenvalue weighted by Crippen LogP contribution is 2.30. The largest absolute Gasteiger partial charge is 0.497 e. The van der Waals surface area contributed by atoms with Crippen LogP contribution < -0.4 is 14.2 Å². The van der Waals surface area contributed by atoms with Gasteiger partial charge in [-0.3, -0.25) is 4.98 Å². The van der Waals surface area contributed by atoms with Gasteiger partial charge in [0.2, 0.25) is 0 Å². The molecule has 0 aliphatic heterocycles. The Balaban J connectivity index is 1.98. The van der Waals surface area contributed by atoms with Gasteiger partial charge >= 0.3 is 0 Å². The van der Waals surface area contributed by atoms with Gasteiger partial charge in [-0.25, -0.2) is 0 Å². The van der Waals surface area contributed by atoms with E-state index in [1.54, 1.807) is 21.3 Å². The number of hydrogen-bond donors (Lipinski definition) is 0. The monoisotopic (exact) mass is 309 g/mol. The average molecular weight is 309 g/mol. The van der Waals surface area contributed by atoms with Crippen LogP contribution in [-0.4, -0.2) is 26.3 Å². The first-order chi connectivity index (χ1) is 11.2. The van der Waals surface area contributed by atoms with Gasteiger partial charge in [-0.05, 0) is 47.9 Å². The summed E-state index contributed by atoms with van der Waals surface area (Å²) in [5.74, 6) is 2.29. The van der Waals surface area contributed by atoms with Crippen molar-refractivity contribution in [1.29, 1.82) is 0 Å². The number of benzene rings is 2. The fourth-order valence-corrected chi connectivity index (χ4v) is 2.68. The molecule has 0 radical (unpaired) electrons. The Morgan fingerprint density at radius 2 is 1.65 bits per heavy atom. The van der Waals surface area contributed by atoms with Crippen LogP contribution in [0.5, 0.6) is 17.2 Å². The molecule has 1 heterocycles. The van der Waals surface area contributed by atoms with Crippen LogP contribution in [0.4, 0.5) is 0 Å². The lowest BCUT2D eigenvalue weighted by Gasteiger charge is -2.11. The van der Waals surface area contributed by atoms with Crippen LogP contribution in [0.15, 0.2) is 48.7 Å². The summed E-state index contributed by atoms with van der Waals surface area (Å²) in [5, 5.41) is 1.13. The molecule has 0 N–H and O–H groups in total. The summed E-state index contributed by atoms with van der Waals surface area (Å²) in [5.41, 5.74) is 3.30. The molecular formula is C19H19NO3. The number of pyridine rings is 1. The van der Waals surface area contributed by atoms with Crippen molar-refractivity contribution in [3.05, 3.63) is 59.8 Å². The summed E-state index contributed by atoms with van der Waals surface area (Å²) in [7, 11) is 4.95. The van der Waals surface area contributed by atoms with Crippen molar-refractivity contribution in [2.75, 3.05) is 21.3 Å². The van der Waals surface area contributed by atoms with E-state index in [0.29, 0.717) is 0 Å². The number of hydrogen-bond acceptors (Lipinski definition) is 4. The lowest BCUT2D eigenvalue weighted by atomic mass is 10.0. The molecule has 0 spiro atoms. The Labute approximate surface area is 135 Å². The Kier molecular flexibility index (Phi) is 4.33. The molecule has 0 bridgehead atoms. The van der Waals surface area contributed by atoms with Gasteiger partial charge in [-0.1, -0.05) is 6.07 Å². The summed E-state index contributed by atoms with van der Waals surface area (Å²) in [4.78, 5) is 4.43. The fraction of sp³-hybridized carbons (Fsp3) is 0.211. The van der Waals surface area contributed by atoms with Crippen molar-refractivity contribution >= 4 is 10.9 Å². The minimum Gasteiger partial charge on any atom is -0.497 e. The number of methoxy groups -OCH3 is 3. The molecule has 23 heavy (non-hydrogen) atoms. The molecule has 118 valence electrons. The van der Waals surface area contributed by atoms with Gasteiger partial charge in [0, 0.05) is 17.6 Å². The van der Waals surface area contributed by atoms with E-state index in [9.17, 15) is 0 Å². The van der Waals surface area contributed by atoms with Gasteiger partial charge in [0.25, 0.3) is 0 Å². The predicted molar refractivity (Wildman–Crippen MR) is 90.6 cm³/mol. The summed E-state index contributed by atoms with van der Waals surface area (Å²) in [6.45, 7) is 0. The zero-order valence-corrected chi connectivity index (χ0v) is 13.5. The first kappa shape index (κ1) is 15.2. The molecule has 0 aliphatic carbocycles. The Hall–Kier alpha value is -2.75. The van der Waals surface area contributed by atoms with Crippen molar-refractivity contribution < 1.29 is 14.2 Å².